The van der Waals surface area contributed by atoms with Crippen molar-refractivity contribution in [2.75, 3.05) is 11.4 Å². The van der Waals surface area contributed by atoms with E-state index >= 15 is 0 Å². The molecule has 0 N–H and O–H groups in total. The number of carbonyl (C=O) groups is 2. The average Bonchev–Trinajstić information content (AvgIpc) is 2.46. The highest BCUT2D eigenvalue weighted by molar-refractivity contribution is 5.96. The van der Waals surface area contributed by atoms with Crippen LogP contribution in [0.2, 0.25) is 0 Å². The molecule has 96 valence electrons. The van der Waals surface area contributed by atoms with E-state index in [4.69, 9.17) is 0 Å². The summed E-state index contributed by atoms with van der Waals surface area (Å²) < 4.78 is 0. The number of benzene rings is 1. The summed E-state index contributed by atoms with van der Waals surface area (Å²) in [5.41, 5.74) is 1.56. The van der Waals surface area contributed by atoms with E-state index in [0.29, 0.717) is 0 Å². The van der Waals surface area contributed by atoms with Crippen LogP contribution in [0.4, 0.5) is 5.69 Å². The number of rotatable bonds is 5. The highest BCUT2D eigenvalue weighted by Crippen LogP contribution is 2.14. The van der Waals surface area contributed by atoms with E-state index in [0.717, 1.165) is 17.5 Å². The lowest BCUT2D eigenvalue weighted by Gasteiger charge is -2.20. The first-order valence-corrected chi connectivity index (χ1v) is 5.99. The topological polar surface area (TPSA) is 50.3 Å². The fraction of sp³-hybridized carbons (Fsp3) is 0.133. The van der Waals surface area contributed by atoms with E-state index in [2.05, 4.69) is 4.98 Å². The molecule has 0 unspecified atom stereocenters. The summed E-state index contributed by atoms with van der Waals surface area (Å²) in [4.78, 5) is 28.4. The molecule has 2 rings (SSSR count). The molecule has 1 heterocycles. The second-order valence-corrected chi connectivity index (χ2v) is 4.04. The van der Waals surface area contributed by atoms with Gasteiger partial charge in [0.1, 0.15) is 6.29 Å². The molecule has 1 aromatic heterocycles. The summed E-state index contributed by atoms with van der Waals surface area (Å²) in [5, 5.41) is 0. The van der Waals surface area contributed by atoms with Gasteiger partial charge in [-0.25, -0.2) is 0 Å². The Labute approximate surface area is 111 Å². The summed E-state index contributed by atoms with van der Waals surface area (Å²) >= 11 is 0. The highest BCUT2D eigenvalue weighted by Gasteiger charge is 2.15. The number of hydrogen-bond donors (Lipinski definition) is 0. The molecule has 0 aliphatic carbocycles. The largest absolute Gasteiger partial charge is 0.305 e. The normalized spacial score (nSPS) is 9.89. The van der Waals surface area contributed by atoms with Gasteiger partial charge in [-0.15, -0.1) is 0 Å². The second kappa shape index (κ2) is 6.44. The zero-order chi connectivity index (χ0) is 13.5. The first-order valence-electron chi connectivity index (χ1n) is 5.99. The second-order valence-electron chi connectivity index (χ2n) is 4.04. The summed E-state index contributed by atoms with van der Waals surface area (Å²) in [6.07, 6.45) is 4.28. The van der Waals surface area contributed by atoms with Gasteiger partial charge in [0.15, 0.2) is 0 Å². The van der Waals surface area contributed by atoms with Crippen LogP contribution in [0.25, 0.3) is 0 Å². The maximum absolute atomic E-state index is 12.2. The van der Waals surface area contributed by atoms with Gasteiger partial charge < -0.3 is 9.69 Å². The quantitative estimate of drug-likeness (QED) is 0.765. The summed E-state index contributed by atoms with van der Waals surface area (Å²) in [6.45, 7) is 0.0586. The van der Waals surface area contributed by atoms with Crippen LogP contribution in [-0.2, 0) is 16.0 Å². The third kappa shape index (κ3) is 3.48. The Balaban J connectivity index is 2.15. The predicted octanol–water partition coefficient (Wildman–Crippen LogP) is 1.86. The van der Waals surface area contributed by atoms with Crippen molar-refractivity contribution in [1.82, 2.24) is 4.98 Å². The van der Waals surface area contributed by atoms with Crippen molar-refractivity contribution in [3.05, 3.63) is 60.4 Å². The Morgan fingerprint density at radius 3 is 2.58 bits per heavy atom. The van der Waals surface area contributed by atoms with E-state index in [1.165, 1.54) is 4.90 Å². The highest BCUT2D eigenvalue weighted by atomic mass is 16.2. The molecule has 1 amide bonds. The van der Waals surface area contributed by atoms with Gasteiger partial charge in [-0.1, -0.05) is 24.3 Å². The molecule has 1 aromatic carbocycles. The molecule has 0 saturated heterocycles. The number of carbonyl (C=O) groups excluding carboxylic acids is 2. The molecule has 0 fully saturated rings. The smallest absolute Gasteiger partial charge is 0.231 e. The Hall–Kier alpha value is -2.49. The van der Waals surface area contributed by atoms with Crippen LogP contribution in [0.15, 0.2) is 54.9 Å². The number of aromatic nitrogens is 1. The minimum atomic E-state index is -0.119. The molecule has 0 aliphatic heterocycles. The van der Waals surface area contributed by atoms with Gasteiger partial charge in [-0.05, 0) is 23.8 Å². The molecular weight excluding hydrogens is 240 g/mol. The van der Waals surface area contributed by atoms with Crippen molar-refractivity contribution >= 4 is 17.9 Å². The molecule has 4 nitrogen and oxygen atoms in total. The number of pyridine rings is 1. The predicted molar refractivity (Wildman–Crippen MR) is 72.8 cm³/mol. The third-order valence-corrected chi connectivity index (χ3v) is 2.70. The van der Waals surface area contributed by atoms with E-state index < -0.39 is 0 Å². The van der Waals surface area contributed by atoms with Gasteiger partial charge >= 0.3 is 0 Å². The molecule has 0 radical (unpaired) electrons. The summed E-state index contributed by atoms with van der Waals surface area (Å²) in [7, 11) is 0. The lowest BCUT2D eigenvalue weighted by Crippen LogP contribution is -2.33. The van der Waals surface area contributed by atoms with Crippen molar-refractivity contribution in [3.8, 4) is 0 Å². The molecule has 0 saturated carbocycles. The van der Waals surface area contributed by atoms with Crippen molar-refractivity contribution in [2.45, 2.75) is 6.42 Å². The zero-order valence-electron chi connectivity index (χ0n) is 10.4. The van der Waals surface area contributed by atoms with Crippen molar-refractivity contribution in [2.24, 2.45) is 0 Å². The standard InChI is InChI=1S/C15H14N2O2/c18-10-9-17(14-6-2-1-3-7-14)15(19)11-13-5-4-8-16-12-13/h1-8,10,12H,9,11H2. The Kier molecular flexibility index (Phi) is 4.39. The van der Waals surface area contributed by atoms with Gasteiger partial charge in [0.25, 0.3) is 0 Å². The Bertz CT molecular complexity index is 541. The lowest BCUT2D eigenvalue weighted by atomic mass is 10.2. The molecule has 0 atom stereocenters. The van der Waals surface area contributed by atoms with Gasteiger partial charge in [0.2, 0.25) is 5.91 Å². The first kappa shape index (κ1) is 13.0. The van der Waals surface area contributed by atoms with E-state index in [9.17, 15) is 9.59 Å². The summed E-state index contributed by atoms with van der Waals surface area (Å²) in [5.74, 6) is -0.119. The number of amides is 1. The number of nitrogens with zero attached hydrogens (tertiary/aromatic N) is 2. The fourth-order valence-electron chi connectivity index (χ4n) is 1.81. The van der Waals surface area contributed by atoms with Gasteiger partial charge in [0, 0.05) is 18.1 Å². The molecular formula is C15H14N2O2. The number of para-hydroxylation sites is 1. The third-order valence-electron chi connectivity index (χ3n) is 2.70. The molecule has 0 aliphatic rings. The van der Waals surface area contributed by atoms with E-state index in [-0.39, 0.29) is 18.9 Å². The van der Waals surface area contributed by atoms with E-state index in [1.54, 1.807) is 18.5 Å². The number of aldehydes is 1. The minimum Gasteiger partial charge on any atom is -0.305 e. The summed E-state index contributed by atoms with van der Waals surface area (Å²) in [6, 6.07) is 12.8. The zero-order valence-corrected chi connectivity index (χ0v) is 10.4. The Morgan fingerprint density at radius 2 is 1.95 bits per heavy atom. The van der Waals surface area contributed by atoms with Gasteiger partial charge in [-0.2, -0.15) is 0 Å². The van der Waals surface area contributed by atoms with Crippen LogP contribution in [-0.4, -0.2) is 23.7 Å². The van der Waals surface area contributed by atoms with Crippen molar-refractivity contribution in [1.29, 1.82) is 0 Å². The van der Waals surface area contributed by atoms with Crippen LogP contribution < -0.4 is 4.90 Å². The number of anilines is 1. The SMILES string of the molecule is O=CCN(C(=O)Cc1cccnc1)c1ccccc1. The maximum atomic E-state index is 12.2. The number of hydrogen-bond acceptors (Lipinski definition) is 3. The molecule has 2 aromatic rings. The van der Waals surface area contributed by atoms with Crippen molar-refractivity contribution < 1.29 is 9.59 Å². The first-order chi connectivity index (χ1) is 9.31. The van der Waals surface area contributed by atoms with Crippen LogP contribution >= 0.6 is 0 Å². The van der Waals surface area contributed by atoms with Crippen molar-refractivity contribution in [3.63, 3.8) is 0 Å². The molecule has 19 heavy (non-hydrogen) atoms. The lowest BCUT2D eigenvalue weighted by molar-refractivity contribution is -0.119. The molecule has 0 spiro atoms. The van der Waals surface area contributed by atoms with Crippen LogP contribution in [0.3, 0.4) is 0 Å². The van der Waals surface area contributed by atoms with Crippen LogP contribution in [0, 0.1) is 0 Å². The van der Waals surface area contributed by atoms with E-state index in [1.807, 2.05) is 36.4 Å². The van der Waals surface area contributed by atoms with Crippen LogP contribution in [0.5, 0.6) is 0 Å². The molecule has 4 heteroatoms. The van der Waals surface area contributed by atoms with Gasteiger partial charge in [0.05, 0.1) is 13.0 Å². The average molecular weight is 254 g/mol. The van der Waals surface area contributed by atoms with Gasteiger partial charge in [-0.3, -0.25) is 9.78 Å². The maximum Gasteiger partial charge on any atom is 0.231 e. The van der Waals surface area contributed by atoms with Crippen LogP contribution in [0.1, 0.15) is 5.56 Å². The minimum absolute atomic E-state index is 0.0586. The Morgan fingerprint density at radius 1 is 1.16 bits per heavy atom. The monoisotopic (exact) mass is 254 g/mol. The fourth-order valence-corrected chi connectivity index (χ4v) is 1.81. The molecule has 0 bridgehead atoms.